The van der Waals surface area contributed by atoms with Crippen LogP contribution in [0.3, 0.4) is 0 Å². The van der Waals surface area contributed by atoms with Gasteiger partial charge in [0.15, 0.2) is 5.69 Å². The molecule has 2 aromatic rings. The van der Waals surface area contributed by atoms with Gasteiger partial charge < -0.3 is 27.8 Å². The zero-order valence-electron chi connectivity index (χ0n) is 16.6. The second-order valence-electron chi connectivity index (χ2n) is 5.22. The van der Waals surface area contributed by atoms with E-state index in [9.17, 15) is 14.4 Å². The lowest BCUT2D eigenvalue weighted by atomic mass is 10.1. The molecule has 0 fully saturated rings. The minimum absolute atomic E-state index is 0.148. The molecule has 0 aliphatic rings. The van der Waals surface area contributed by atoms with Crippen molar-refractivity contribution in [3.05, 3.63) is 42.1 Å². The Bertz CT molecular complexity index is 760. The molecule has 2 rings (SSSR count). The number of hydrogen-bond acceptors (Lipinski definition) is 6. The first-order chi connectivity index (χ1) is 13.4. The van der Waals surface area contributed by atoms with Gasteiger partial charge in [-0.2, -0.15) is 5.10 Å². The lowest BCUT2D eigenvalue weighted by molar-refractivity contribution is -0.126. The number of carbonyl (C=O) groups excluding carboxylic acids is 3. The Morgan fingerprint density at radius 2 is 1.68 bits per heavy atom. The maximum Gasteiger partial charge on any atom is 0.272 e. The van der Waals surface area contributed by atoms with E-state index in [1.807, 2.05) is 30.3 Å². The molecule has 0 aliphatic carbocycles. The number of likely N-dealkylation sites (N-methyl/N-ethyl adjacent to an activating group) is 1. The number of carbonyl (C=O) groups is 3. The number of nitrogens with zero attached hydrogens (tertiary/aromatic N) is 2. The number of benzene rings is 1. The number of amides is 3. The van der Waals surface area contributed by atoms with E-state index in [2.05, 4.69) is 27.2 Å². The Kier molecular flexibility index (Phi) is 11.5. The van der Waals surface area contributed by atoms with Gasteiger partial charge >= 0.3 is 0 Å². The third kappa shape index (κ3) is 7.17. The van der Waals surface area contributed by atoms with Crippen molar-refractivity contribution in [3.8, 4) is 11.3 Å². The molecule has 28 heavy (non-hydrogen) atoms. The van der Waals surface area contributed by atoms with Gasteiger partial charge in [0.05, 0.1) is 12.1 Å². The average molecular weight is 391 g/mol. The molecule has 0 aliphatic heterocycles. The Labute approximate surface area is 164 Å². The molecule has 0 saturated heterocycles. The van der Waals surface area contributed by atoms with Gasteiger partial charge in [-0.25, -0.2) is 0 Å². The van der Waals surface area contributed by atoms with Gasteiger partial charge in [-0.15, -0.1) is 0 Å². The molecule has 10 heteroatoms. The molecule has 154 valence electrons. The SMILES string of the molecule is CN.CN.CNC(=O)[C@H](CC(N)=O)NC(=O)c1cc(-c2ccccc2)n(C)n1. The first-order valence-corrected chi connectivity index (χ1v) is 8.48. The van der Waals surface area contributed by atoms with Gasteiger partial charge in [0.25, 0.3) is 5.91 Å². The quantitative estimate of drug-likeness (QED) is 0.421. The van der Waals surface area contributed by atoms with Crippen molar-refractivity contribution < 1.29 is 14.4 Å². The van der Waals surface area contributed by atoms with Gasteiger partial charge in [-0.3, -0.25) is 19.1 Å². The van der Waals surface area contributed by atoms with Crippen LogP contribution >= 0.6 is 0 Å². The van der Waals surface area contributed by atoms with Gasteiger partial charge in [0.2, 0.25) is 11.8 Å². The summed E-state index contributed by atoms with van der Waals surface area (Å²) in [6.07, 6.45) is -0.288. The summed E-state index contributed by atoms with van der Waals surface area (Å²) in [6.45, 7) is 0. The molecule has 1 aromatic carbocycles. The zero-order chi connectivity index (χ0) is 21.7. The summed E-state index contributed by atoms with van der Waals surface area (Å²) < 4.78 is 1.58. The predicted octanol–water partition coefficient (Wildman–Crippen LogP) is -1.04. The highest BCUT2D eigenvalue weighted by atomic mass is 16.2. The van der Waals surface area contributed by atoms with E-state index in [4.69, 9.17) is 5.73 Å². The maximum absolute atomic E-state index is 12.3. The molecule has 8 N–H and O–H groups in total. The minimum atomic E-state index is -1.04. The summed E-state index contributed by atoms with van der Waals surface area (Å²) in [7, 11) is 6.13. The van der Waals surface area contributed by atoms with Crippen molar-refractivity contribution in [2.75, 3.05) is 21.1 Å². The molecular weight excluding hydrogens is 362 g/mol. The van der Waals surface area contributed by atoms with Gasteiger partial charge in [-0.1, -0.05) is 30.3 Å². The summed E-state index contributed by atoms with van der Waals surface area (Å²) in [5.74, 6) is -1.74. The van der Waals surface area contributed by atoms with Gasteiger partial charge in [0.1, 0.15) is 6.04 Å². The number of rotatable bonds is 6. The smallest absolute Gasteiger partial charge is 0.272 e. The minimum Gasteiger partial charge on any atom is -0.370 e. The fraction of sp³-hybridized carbons (Fsp3) is 0.333. The van der Waals surface area contributed by atoms with Crippen LogP contribution in [-0.4, -0.2) is 54.7 Å². The van der Waals surface area contributed by atoms with Crippen LogP contribution in [0.5, 0.6) is 0 Å². The van der Waals surface area contributed by atoms with Crippen LogP contribution in [0.2, 0.25) is 0 Å². The number of nitrogens with two attached hydrogens (primary N) is 3. The molecule has 3 amide bonds. The van der Waals surface area contributed by atoms with E-state index >= 15 is 0 Å². The van der Waals surface area contributed by atoms with Crippen molar-refractivity contribution in [3.63, 3.8) is 0 Å². The standard InChI is InChI=1S/C16H19N5O3.2CH5N/c1-18-15(23)11(9-14(17)22)19-16(24)12-8-13(21(2)20-12)10-6-4-3-5-7-10;2*1-2/h3-8,11H,9H2,1-2H3,(H2,17,22)(H,18,23)(H,19,24);2*2H2,1H3/t11-;;/m0../s1. The third-order valence-corrected chi connectivity index (χ3v) is 3.46. The Balaban J connectivity index is 0.00000171. The fourth-order valence-corrected chi connectivity index (χ4v) is 2.27. The summed E-state index contributed by atoms with van der Waals surface area (Å²) in [6, 6.07) is 10.1. The third-order valence-electron chi connectivity index (χ3n) is 3.46. The summed E-state index contributed by atoms with van der Waals surface area (Å²) in [4.78, 5) is 35.1. The molecule has 0 radical (unpaired) electrons. The van der Waals surface area contributed by atoms with Crippen LogP contribution in [0, 0.1) is 0 Å². The number of aryl methyl sites for hydroxylation is 1. The average Bonchev–Trinajstić information content (AvgIpc) is 3.12. The monoisotopic (exact) mass is 391 g/mol. The lowest BCUT2D eigenvalue weighted by Gasteiger charge is -2.14. The predicted molar refractivity (Wildman–Crippen MR) is 108 cm³/mol. The van der Waals surface area contributed by atoms with Crippen LogP contribution in [0.15, 0.2) is 36.4 Å². The van der Waals surface area contributed by atoms with E-state index in [1.165, 1.54) is 21.1 Å². The molecule has 0 bridgehead atoms. The van der Waals surface area contributed by atoms with Crippen LogP contribution in [0.1, 0.15) is 16.9 Å². The van der Waals surface area contributed by atoms with E-state index in [0.29, 0.717) is 0 Å². The van der Waals surface area contributed by atoms with E-state index in [0.717, 1.165) is 11.3 Å². The molecule has 10 nitrogen and oxygen atoms in total. The van der Waals surface area contributed by atoms with E-state index < -0.39 is 23.8 Å². The van der Waals surface area contributed by atoms with Gasteiger partial charge in [0, 0.05) is 14.1 Å². The number of hydrogen-bond donors (Lipinski definition) is 5. The summed E-state index contributed by atoms with van der Waals surface area (Å²) >= 11 is 0. The highest BCUT2D eigenvalue weighted by Crippen LogP contribution is 2.19. The van der Waals surface area contributed by atoms with E-state index in [-0.39, 0.29) is 12.1 Å². The molecule has 0 spiro atoms. The number of aromatic nitrogens is 2. The molecular formula is C18H29N7O3. The van der Waals surface area contributed by atoms with Crippen LogP contribution in [0.25, 0.3) is 11.3 Å². The lowest BCUT2D eigenvalue weighted by Crippen LogP contribution is -2.47. The highest BCUT2D eigenvalue weighted by molar-refractivity contribution is 5.98. The van der Waals surface area contributed by atoms with Crippen molar-refractivity contribution >= 4 is 17.7 Å². The van der Waals surface area contributed by atoms with Crippen LogP contribution < -0.4 is 27.8 Å². The largest absolute Gasteiger partial charge is 0.370 e. The second kappa shape index (κ2) is 13.0. The topological polar surface area (TPSA) is 171 Å². The summed E-state index contributed by atoms with van der Waals surface area (Å²) in [5, 5.41) is 9.02. The van der Waals surface area contributed by atoms with Crippen molar-refractivity contribution in [1.29, 1.82) is 0 Å². The summed E-state index contributed by atoms with van der Waals surface area (Å²) in [5.41, 5.74) is 15.9. The molecule has 1 atom stereocenters. The molecule has 0 unspecified atom stereocenters. The number of nitrogens with one attached hydrogen (secondary N) is 2. The normalized spacial score (nSPS) is 10.4. The Morgan fingerprint density at radius 1 is 1.11 bits per heavy atom. The number of primary amides is 1. The second-order valence-corrected chi connectivity index (χ2v) is 5.22. The zero-order valence-corrected chi connectivity index (χ0v) is 16.6. The van der Waals surface area contributed by atoms with Crippen molar-refractivity contribution in [2.24, 2.45) is 24.2 Å². The fourth-order valence-electron chi connectivity index (χ4n) is 2.27. The molecule has 1 heterocycles. The highest BCUT2D eigenvalue weighted by Gasteiger charge is 2.24. The maximum atomic E-state index is 12.3. The molecule has 0 saturated carbocycles. The Hall–Kier alpha value is -3.24. The Morgan fingerprint density at radius 3 is 2.18 bits per heavy atom. The van der Waals surface area contributed by atoms with Crippen LogP contribution in [-0.2, 0) is 16.6 Å². The molecule has 1 aromatic heterocycles. The van der Waals surface area contributed by atoms with Crippen LogP contribution in [0.4, 0.5) is 0 Å². The van der Waals surface area contributed by atoms with Gasteiger partial charge in [-0.05, 0) is 25.7 Å². The van der Waals surface area contributed by atoms with E-state index in [1.54, 1.807) is 17.8 Å². The van der Waals surface area contributed by atoms with Crippen molar-refractivity contribution in [1.82, 2.24) is 20.4 Å². The van der Waals surface area contributed by atoms with Crippen molar-refractivity contribution in [2.45, 2.75) is 12.5 Å². The first-order valence-electron chi connectivity index (χ1n) is 8.48. The first kappa shape index (κ1) is 24.8.